The molecule has 1 aromatic rings. The Labute approximate surface area is 102 Å². The van der Waals surface area contributed by atoms with Crippen LogP contribution in [0.25, 0.3) is 0 Å². The molecule has 17 heavy (non-hydrogen) atoms. The Hall–Kier alpha value is -1.38. The van der Waals surface area contributed by atoms with Gasteiger partial charge in [-0.3, -0.25) is 4.79 Å². The van der Waals surface area contributed by atoms with E-state index in [9.17, 15) is 9.18 Å². The molecule has 0 unspecified atom stereocenters. The summed E-state index contributed by atoms with van der Waals surface area (Å²) in [5.74, 6) is -0.0121. The van der Waals surface area contributed by atoms with E-state index < -0.39 is 0 Å². The summed E-state index contributed by atoms with van der Waals surface area (Å²) in [5.41, 5.74) is 1.04. The van der Waals surface area contributed by atoms with Crippen molar-refractivity contribution in [3.8, 4) is 0 Å². The van der Waals surface area contributed by atoms with Crippen molar-refractivity contribution in [3.05, 3.63) is 35.6 Å². The van der Waals surface area contributed by atoms with Crippen LogP contribution in [0.4, 0.5) is 4.39 Å². The number of esters is 1. The monoisotopic (exact) mass is 238 g/mol. The first kappa shape index (κ1) is 13.7. The number of hydrogen-bond donors (Lipinski definition) is 0. The molecular formula is C14H19FO2. The Bertz CT molecular complexity index is 344. The van der Waals surface area contributed by atoms with Gasteiger partial charge in [0.05, 0.1) is 6.61 Å². The van der Waals surface area contributed by atoms with Crippen LogP contribution in [-0.4, -0.2) is 12.6 Å². The average molecular weight is 238 g/mol. The Morgan fingerprint density at radius 2 is 1.94 bits per heavy atom. The van der Waals surface area contributed by atoms with Gasteiger partial charge in [-0.05, 0) is 36.5 Å². The normalized spacial score (nSPS) is 10.6. The number of rotatable bonds is 6. The number of hydrogen-bond acceptors (Lipinski definition) is 2. The molecule has 0 aliphatic carbocycles. The molecule has 0 fully saturated rings. The predicted molar refractivity (Wildman–Crippen MR) is 65.1 cm³/mol. The van der Waals surface area contributed by atoms with Gasteiger partial charge < -0.3 is 4.74 Å². The van der Waals surface area contributed by atoms with Crippen molar-refractivity contribution in [2.45, 2.75) is 33.1 Å². The fraction of sp³-hybridized carbons (Fsp3) is 0.500. The summed E-state index contributed by atoms with van der Waals surface area (Å²) in [6.45, 7) is 4.49. The highest BCUT2D eigenvalue weighted by atomic mass is 19.1. The molecule has 0 heterocycles. The van der Waals surface area contributed by atoms with Crippen LogP contribution in [0.2, 0.25) is 0 Å². The zero-order chi connectivity index (χ0) is 12.7. The highest BCUT2D eigenvalue weighted by molar-refractivity contribution is 5.69. The third kappa shape index (κ3) is 6.05. The molecule has 0 atom stereocenters. The summed E-state index contributed by atoms with van der Waals surface area (Å²) < 4.78 is 17.7. The van der Waals surface area contributed by atoms with Gasteiger partial charge in [0.15, 0.2) is 0 Å². The van der Waals surface area contributed by atoms with Gasteiger partial charge in [-0.1, -0.05) is 26.0 Å². The SMILES string of the molecule is CC(C)COC(=O)CCCc1ccc(F)cc1. The third-order valence-corrected chi connectivity index (χ3v) is 2.34. The lowest BCUT2D eigenvalue weighted by Gasteiger charge is -2.06. The minimum absolute atomic E-state index is 0.152. The summed E-state index contributed by atoms with van der Waals surface area (Å²) in [4.78, 5) is 11.3. The van der Waals surface area contributed by atoms with Gasteiger partial charge in [0.25, 0.3) is 0 Å². The van der Waals surface area contributed by atoms with E-state index in [4.69, 9.17) is 4.74 Å². The molecule has 0 saturated heterocycles. The first-order chi connectivity index (χ1) is 8.08. The molecule has 0 bridgehead atoms. The van der Waals surface area contributed by atoms with Gasteiger partial charge in [0.2, 0.25) is 0 Å². The Morgan fingerprint density at radius 3 is 2.53 bits per heavy atom. The van der Waals surface area contributed by atoms with Crippen molar-refractivity contribution in [1.29, 1.82) is 0 Å². The van der Waals surface area contributed by atoms with Crippen molar-refractivity contribution in [1.82, 2.24) is 0 Å². The number of benzene rings is 1. The molecule has 1 aromatic carbocycles. The molecular weight excluding hydrogens is 219 g/mol. The third-order valence-electron chi connectivity index (χ3n) is 2.34. The topological polar surface area (TPSA) is 26.3 Å². The van der Waals surface area contributed by atoms with E-state index >= 15 is 0 Å². The van der Waals surface area contributed by atoms with Gasteiger partial charge in [-0.15, -0.1) is 0 Å². The smallest absolute Gasteiger partial charge is 0.305 e. The maximum atomic E-state index is 12.6. The van der Waals surface area contributed by atoms with E-state index in [2.05, 4.69) is 0 Å². The molecule has 0 aliphatic heterocycles. The Morgan fingerprint density at radius 1 is 1.29 bits per heavy atom. The molecule has 0 radical (unpaired) electrons. The fourth-order valence-electron chi connectivity index (χ4n) is 1.42. The van der Waals surface area contributed by atoms with E-state index in [0.29, 0.717) is 18.9 Å². The lowest BCUT2D eigenvalue weighted by molar-refractivity contribution is -0.144. The predicted octanol–water partition coefficient (Wildman–Crippen LogP) is 3.35. The Balaban J connectivity index is 2.19. The molecule has 0 spiro atoms. The van der Waals surface area contributed by atoms with Gasteiger partial charge in [-0.25, -0.2) is 4.39 Å². The lowest BCUT2D eigenvalue weighted by Crippen LogP contribution is -2.09. The standard InChI is InChI=1S/C14H19FO2/c1-11(2)10-17-14(16)5-3-4-12-6-8-13(15)9-7-12/h6-9,11H,3-5,10H2,1-2H3. The molecule has 0 aromatic heterocycles. The van der Waals surface area contributed by atoms with E-state index in [1.165, 1.54) is 12.1 Å². The Kier molecular flexibility index (Phi) is 5.67. The number of aryl methyl sites for hydroxylation is 1. The van der Waals surface area contributed by atoms with Crippen LogP contribution < -0.4 is 0 Å². The lowest BCUT2D eigenvalue weighted by atomic mass is 10.1. The molecule has 0 saturated carbocycles. The number of ether oxygens (including phenoxy) is 1. The summed E-state index contributed by atoms with van der Waals surface area (Å²) >= 11 is 0. The van der Waals surface area contributed by atoms with Gasteiger partial charge in [0.1, 0.15) is 5.82 Å². The second kappa shape index (κ2) is 7.05. The van der Waals surface area contributed by atoms with Crippen LogP contribution in [0, 0.1) is 11.7 Å². The second-order valence-electron chi connectivity index (χ2n) is 4.56. The molecule has 3 heteroatoms. The largest absolute Gasteiger partial charge is 0.465 e. The highest BCUT2D eigenvalue weighted by Gasteiger charge is 2.04. The first-order valence-corrected chi connectivity index (χ1v) is 5.98. The maximum Gasteiger partial charge on any atom is 0.305 e. The number of carbonyl (C=O) groups excluding carboxylic acids is 1. The molecule has 0 aliphatic rings. The van der Waals surface area contributed by atoms with E-state index in [1.807, 2.05) is 13.8 Å². The summed E-state index contributed by atoms with van der Waals surface area (Å²) in [7, 11) is 0. The first-order valence-electron chi connectivity index (χ1n) is 5.98. The summed E-state index contributed by atoms with van der Waals surface area (Å²) in [6.07, 6.45) is 1.93. The van der Waals surface area contributed by atoms with E-state index in [-0.39, 0.29) is 11.8 Å². The number of carbonyl (C=O) groups is 1. The molecule has 2 nitrogen and oxygen atoms in total. The van der Waals surface area contributed by atoms with Crippen molar-refractivity contribution in [3.63, 3.8) is 0 Å². The highest BCUT2D eigenvalue weighted by Crippen LogP contribution is 2.07. The van der Waals surface area contributed by atoms with Crippen LogP contribution in [-0.2, 0) is 16.0 Å². The van der Waals surface area contributed by atoms with Gasteiger partial charge in [-0.2, -0.15) is 0 Å². The van der Waals surface area contributed by atoms with Crippen LogP contribution >= 0.6 is 0 Å². The molecule has 0 amide bonds. The van der Waals surface area contributed by atoms with Crippen LogP contribution in [0.5, 0.6) is 0 Å². The van der Waals surface area contributed by atoms with Crippen molar-refractivity contribution >= 4 is 5.97 Å². The zero-order valence-electron chi connectivity index (χ0n) is 10.4. The minimum atomic E-state index is -0.231. The number of halogens is 1. The fourth-order valence-corrected chi connectivity index (χ4v) is 1.42. The van der Waals surface area contributed by atoms with Crippen molar-refractivity contribution < 1.29 is 13.9 Å². The van der Waals surface area contributed by atoms with Gasteiger partial charge in [0, 0.05) is 6.42 Å². The second-order valence-corrected chi connectivity index (χ2v) is 4.56. The quantitative estimate of drug-likeness (QED) is 0.710. The van der Waals surface area contributed by atoms with Crippen LogP contribution in [0.1, 0.15) is 32.3 Å². The maximum absolute atomic E-state index is 12.6. The minimum Gasteiger partial charge on any atom is -0.465 e. The van der Waals surface area contributed by atoms with E-state index in [0.717, 1.165) is 18.4 Å². The van der Waals surface area contributed by atoms with Crippen LogP contribution in [0.3, 0.4) is 0 Å². The molecule has 1 rings (SSSR count). The molecule has 94 valence electrons. The zero-order valence-corrected chi connectivity index (χ0v) is 10.4. The average Bonchev–Trinajstić information content (AvgIpc) is 2.29. The summed E-state index contributed by atoms with van der Waals surface area (Å²) in [5, 5.41) is 0. The van der Waals surface area contributed by atoms with E-state index in [1.54, 1.807) is 12.1 Å². The van der Waals surface area contributed by atoms with Crippen molar-refractivity contribution in [2.24, 2.45) is 5.92 Å². The van der Waals surface area contributed by atoms with Crippen LogP contribution in [0.15, 0.2) is 24.3 Å². The van der Waals surface area contributed by atoms with Crippen molar-refractivity contribution in [2.75, 3.05) is 6.61 Å². The van der Waals surface area contributed by atoms with Gasteiger partial charge >= 0.3 is 5.97 Å². The summed E-state index contributed by atoms with van der Waals surface area (Å²) in [6, 6.07) is 6.36. The molecule has 0 N–H and O–H groups in total.